The maximum atomic E-state index is 11.4. The molecule has 1 aromatic heterocycles. The molecule has 0 bridgehead atoms. The third-order valence-electron chi connectivity index (χ3n) is 1.74. The maximum absolute atomic E-state index is 11.4. The second kappa shape index (κ2) is 4.44. The third-order valence-corrected chi connectivity index (χ3v) is 1.74. The zero-order chi connectivity index (χ0) is 11.5. The van der Waals surface area contributed by atoms with Gasteiger partial charge < -0.3 is 14.9 Å². The molecule has 0 aliphatic rings. The summed E-state index contributed by atoms with van der Waals surface area (Å²) in [5.41, 5.74) is -0.296. The number of carbonyl (C=O) groups is 1. The molecule has 84 valence electrons. The molecule has 1 amide bonds. The minimum absolute atomic E-state index is 0.174. The van der Waals surface area contributed by atoms with Gasteiger partial charge in [0.05, 0.1) is 17.7 Å². The summed E-state index contributed by atoms with van der Waals surface area (Å²) in [6, 6.07) is 1.71. The fourth-order valence-electron chi connectivity index (χ4n) is 1.04. The van der Waals surface area contributed by atoms with Crippen LogP contribution in [0.5, 0.6) is 0 Å². The highest BCUT2D eigenvalue weighted by molar-refractivity contribution is 5.78. The Balaban J connectivity index is 2.37. The van der Waals surface area contributed by atoms with Crippen LogP contribution in [0.2, 0.25) is 0 Å². The number of hydrogen-bond donors (Lipinski definition) is 2. The average Bonchev–Trinajstić information content (AvgIpc) is 2.47. The summed E-state index contributed by atoms with van der Waals surface area (Å²) in [6.45, 7) is 5.26. The summed E-state index contributed by atoms with van der Waals surface area (Å²) in [5.74, 6) is 0.505. The summed E-state index contributed by atoms with van der Waals surface area (Å²) >= 11 is 0. The van der Waals surface area contributed by atoms with Gasteiger partial charge in [0.1, 0.15) is 5.76 Å². The smallest absolute Gasteiger partial charge is 0.226 e. The number of rotatable bonds is 4. The fourth-order valence-corrected chi connectivity index (χ4v) is 1.04. The minimum atomic E-state index is -0.893. The number of hydrogen-bond acceptors (Lipinski definition) is 4. The van der Waals surface area contributed by atoms with Crippen LogP contribution in [0.3, 0.4) is 0 Å². The third kappa shape index (κ3) is 4.60. The molecule has 15 heavy (non-hydrogen) atoms. The molecule has 2 N–H and O–H groups in total. The SMILES string of the molecule is Cc1cc(CC(=O)NCC(C)(C)O)no1. The molecule has 0 aliphatic heterocycles. The van der Waals surface area contributed by atoms with Gasteiger partial charge in [0.25, 0.3) is 0 Å². The van der Waals surface area contributed by atoms with Crippen molar-refractivity contribution in [3.05, 3.63) is 17.5 Å². The molecule has 5 nitrogen and oxygen atoms in total. The van der Waals surface area contributed by atoms with Crippen LogP contribution in [0.1, 0.15) is 25.3 Å². The maximum Gasteiger partial charge on any atom is 0.226 e. The van der Waals surface area contributed by atoms with E-state index in [1.165, 1.54) is 0 Å². The van der Waals surface area contributed by atoms with E-state index in [9.17, 15) is 9.90 Å². The second-order valence-corrected chi connectivity index (χ2v) is 4.19. The van der Waals surface area contributed by atoms with E-state index in [1.54, 1.807) is 26.8 Å². The molecular weight excluding hydrogens is 196 g/mol. The largest absolute Gasteiger partial charge is 0.389 e. The number of nitrogens with zero attached hydrogens (tertiary/aromatic N) is 1. The molecule has 0 aromatic carbocycles. The second-order valence-electron chi connectivity index (χ2n) is 4.19. The first kappa shape index (κ1) is 11.7. The lowest BCUT2D eigenvalue weighted by atomic mass is 10.1. The molecular formula is C10H16N2O3. The summed E-state index contributed by atoms with van der Waals surface area (Å²) in [7, 11) is 0. The molecule has 0 fully saturated rings. The van der Waals surface area contributed by atoms with Gasteiger partial charge in [0.2, 0.25) is 5.91 Å². The van der Waals surface area contributed by atoms with Crippen LogP contribution in [0.25, 0.3) is 0 Å². The van der Waals surface area contributed by atoms with E-state index in [4.69, 9.17) is 4.52 Å². The van der Waals surface area contributed by atoms with Gasteiger partial charge in [-0.3, -0.25) is 4.79 Å². The highest BCUT2D eigenvalue weighted by Crippen LogP contribution is 2.02. The Labute approximate surface area is 88.5 Å². The van der Waals surface area contributed by atoms with Crippen molar-refractivity contribution in [3.8, 4) is 0 Å². The zero-order valence-electron chi connectivity index (χ0n) is 9.20. The Morgan fingerprint density at radius 1 is 1.67 bits per heavy atom. The summed E-state index contributed by atoms with van der Waals surface area (Å²) in [6.07, 6.45) is 0.174. The average molecular weight is 212 g/mol. The van der Waals surface area contributed by atoms with E-state index in [1.807, 2.05) is 0 Å². The predicted molar refractivity (Wildman–Crippen MR) is 54.3 cm³/mol. The lowest BCUT2D eigenvalue weighted by molar-refractivity contribution is -0.121. The van der Waals surface area contributed by atoms with Crippen molar-refractivity contribution in [1.82, 2.24) is 10.5 Å². The van der Waals surface area contributed by atoms with E-state index in [2.05, 4.69) is 10.5 Å². The lowest BCUT2D eigenvalue weighted by Gasteiger charge is -2.17. The van der Waals surface area contributed by atoms with Gasteiger partial charge >= 0.3 is 0 Å². The highest BCUT2D eigenvalue weighted by Gasteiger charge is 2.14. The van der Waals surface area contributed by atoms with Crippen LogP contribution < -0.4 is 5.32 Å². The van der Waals surface area contributed by atoms with Gasteiger partial charge in [-0.25, -0.2) is 0 Å². The quantitative estimate of drug-likeness (QED) is 0.758. The topological polar surface area (TPSA) is 75.4 Å². The number of aromatic nitrogens is 1. The van der Waals surface area contributed by atoms with Crippen molar-refractivity contribution in [2.24, 2.45) is 0 Å². The predicted octanol–water partition coefficient (Wildman–Crippen LogP) is 0.413. The lowest BCUT2D eigenvalue weighted by Crippen LogP contribution is -2.38. The van der Waals surface area contributed by atoms with Crippen LogP contribution >= 0.6 is 0 Å². The fraction of sp³-hybridized carbons (Fsp3) is 0.600. The molecule has 1 aromatic rings. The van der Waals surface area contributed by atoms with Crippen LogP contribution in [0.15, 0.2) is 10.6 Å². The Kier molecular flexibility index (Phi) is 3.47. The molecule has 0 atom stereocenters. The first-order chi connectivity index (χ1) is 6.87. The first-order valence-electron chi connectivity index (χ1n) is 4.78. The minimum Gasteiger partial charge on any atom is -0.389 e. The summed E-state index contributed by atoms with van der Waals surface area (Å²) in [5, 5.41) is 15.7. The van der Waals surface area contributed by atoms with Gasteiger partial charge in [0, 0.05) is 12.6 Å². The van der Waals surface area contributed by atoms with E-state index in [-0.39, 0.29) is 18.9 Å². The highest BCUT2D eigenvalue weighted by atomic mass is 16.5. The first-order valence-corrected chi connectivity index (χ1v) is 4.78. The number of nitrogens with one attached hydrogen (secondary N) is 1. The van der Waals surface area contributed by atoms with Gasteiger partial charge in [-0.05, 0) is 20.8 Å². The van der Waals surface area contributed by atoms with Crippen molar-refractivity contribution in [3.63, 3.8) is 0 Å². The summed E-state index contributed by atoms with van der Waals surface area (Å²) < 4.78 is 4.83. The molecule has 0 saturated heterocycles. The van der Waals surface area contributed by atoms with Crippen LogP contribution in [0, 0.1) is 6.92 Å². The van der Waals surface area contributed by atoms with Crippen molar-refractivity contribution in [2.75, 3.05) is 6.54 Å². The van der Waals surface area contributed by atoms with Crippen molar-refractivity contribution in [1.29, 1.82) is 0 Å². The molecule has 0 unspecified atom stereocenters. The molecule has 0 saturated carbocycles. The normalized spacial score (nSPS) is 11.5. The number of amides is 1. The number of aliphatic hydroxyl groups is 1. The Morgan fingerprint density at radius 3 is 2.80 bits per heavy atom. The molecule has 5 heteroatoms. The molecule has 0 radical (unpaired) electrons. The van der Waals surface area contributed by atoms with E-state index in [0.29, 0.717) is 11.5 Å². The Bertz CT molecular complexity index is 339. The van der Waals surface area contributed by atoms with Gasteiger partial charge in [0.15, 0.2) is 0 Å². The zero-order valence-corrected chi connectivity index (χ0v) is 9.20. The van der Waals surface area contributed by atoms with Crippen molar-refractivity contribution < 1.29 is 14.4 Å². The van der Waals surface area contributed by atoms with Crippen LogP contribution in [0.4, 0.5) is 0 Å². The molecule has 1 rings (SSSR count). The van der Waals surface area contributed by atoms with E-state index in [0.717, 1.165) is 0 Å². The van der Waals surface area contributed by atoms with Crippen molar-refractivity contribution in [2.45, 2.75) is 32.8 Å². The Morgan fingerprint density at radius 2 is 2.33 bits per heavy atom. The standard InChI is InChI=1S/C10H16N2O3/c1-7-4-8(12-15-7)5-9(13)11-6-10(2,3)14/h4,14H,5-6H2,1-3H3,(H,11,13). The molecule has 1 heterocycles. The number of carbonyl (C=O) groups excluding carboxylic acids is 1. The number of aryl methyl sites for hydroxylation is 1. The van der Waals surface area contributed by atoms with E-state index >= 15 is 0 Å². The monoisotopic (exact) mass is 212 g/mol. The summed E-state index contributed by atoms with van der Waals surface area (Å²) in [4.78, 5) is 11.4. The van der Waals surface area contributed by atoms with Gasteiger partial charge in [-0.2, -0.15) is 0 Å². The Hall–Kier alpha value is -1.36. The van der Waals surface area contributed by atoms with Crippen LogP contribution in [-0.4, -0.2) is 28.3 Å². The molecule has 0 spiro atoms. The van der Waals surface area contributed by atoms with Gasteiger partial charge in [-0.1, -0.05) is 5.16 Å². The van der Waals surface area contributed by atoms with Crippen LogP contribution in [-0.2, 0) is 11.2 Å². The van der Waals surface area contributed by atoms with E-state index < -0.39 is 5.60 Å². The molecule has 0 aliphatic carbocycles. The van der Waals surface area contributed by atoms with Crippen molar-refractivity contribution >= 4 is 5.91 Å². The van der Waals surface area contributed by atoms with Gasteiger partial charge in [-0.15, -0.1) is 0 Å².